The Morgan fingerprint density at radius 2 is 1.68 bits per heavy atom. The lowest BCUT2D eigenvalue weighted by Gasteiger charge is -2.06. The van der Waals surface area contributed by atoms with Gasteiger partial charge in [-0.3, -0.25) is 0 Å². The van der Waals surface area contributed by atoms with Crippen LogP contribution in [0.25, 0.3) is 5.69 Å². The largest absolute Gasteiger partial charge is 0.493 e. The molecule has 0 saturated heterocycles. The molecule has 3 aromatic rings. The average molecular weight is 315 g/mol. The highest BCUT2D eigenvalue weighted by Gasteiger charge is 2.16. The molecule has 4 nitrogen and oxygen atoms in total. The van der Waals surface area contributed by atoms with E-state index in [2.05, 4.69) is 4.98 Å². The Labute approximate surface area is 132 Å². The standard InChI is InChI=1S/C17H15ClN2O2/c18-13-8-4-5-9-15(13)20-16(21)14(19-17(20)22)11-10-12-6-2-1-3-7-12/h1-9,21H,10-11H2,(H,19,22). The lowest BCUT2D eigenvalue weighted by atomic mass is 10.1. The molecule has 0 unspecified atom stereocenters. The van der Waals surface area contributed by atoms with E-state index in [1.54, 1.807) is 24.3 Å². The summed E-state index contributed by atoms with van der Waals surface area (Å²) in [6, 6.07) is 16.8. The van der Waals surface area contributed by atoms with Gasteiger partial charge in [0, 0.05) is 0 Å². The number of aromatic hydroxyl groups is 1. The summed E-state index contributed by atoms with van der Waals surface area (Å²) in [7, 11) is 0. The van der Waals surface area contributed by atoms with Crippen LogP contribution < -0.4 is 5.69 Å². The van der Waals surface area contributed by atoms with Crippen LogP contribution in [0.2, 0.25) is 5.02 Å². The van der Waals surface area contributed by atoms with Crippen molar-refractivity contribution in [2.45, 2.75) is 12.8 Å². The number of aromatic amines is 1. The number of rotatable bonds is 4. The molecule has 0 spiro atoms. The van der Waals surface area contributed by atoms with Crippen molar-refractivity contribution in [1.82, 2.24) is 9.55 Å². The predicted octanol–water partition coefficient (Wildman–Crippen LogP) is 3.31. The molecule has 112 valence electrons. The van der Waals surface area contributed by atoms with Crippen LogP contribution in [0.1, 0.15) is 11.3 Å². The fourth-order valence-electron chi connectivity index (χ4n) is 2.42. The van der Waals surface area contributed by atoms with Gasteiger partial charge in [-0.05, 0) is 30.5 Å². The molecular formula is C17H15ClN2O2. The molecular weight excluding hydrogens is 300 g/mol. The summed E-state index contributed by atoms with van der Waals surface area (Å²) >= 11 is 6.10. The topological polar surface area (TPSA) is 58.0 Å². The Morgan fingerprint density at radius 3 is 2.41 bits per heavy atom. The zero-order valence-electron chi connectivity index (χ0n) is 11.8. The molecule has 1 heterocycles. The summed E-state index contributed by atoms with van der Waals surface area (Å²) in [5.74, 6) is -0.0889. The van der Waals surface area contributed by atoms with Crippen LogP contribution in [0.3, 0.4) is 0 Å². The fourth-order valence-corrected chi connectivity index (χ4v) is 2.64. The van der Waals surface area contributed by atoms with Gasteiger partial charge < -0.3 is 10.1 Å². The van der Waals surface area contributed by atoms with Gasteiger partial charge in [0.05, 0.1) is 16.4 Å². The minimum absolute atomic E-state index is 0.0889. The van der Waals surface area contributed by atoms with E-state index in [1.807, 2.05) is 30.3 Å². The number of aromatic nitrogens is 2. The van der Waals surface area contributed by atoms with Gasteiger partial charge in [0.1, 0.15) is 0 Å². The summed E-state index contributed by atoms with van der Waals surface area (Å²) in [5, 5.41) is 10.7. The number of H-pyrrole nitrogens is 1. The molecule has 22 heavy (non-hydrogen) atoms. The molecule has 2 N–H and O–H groups in total. The predicted molar refractivity (Wildman–Crippen MR) is 86.9 cm³/mol. The summed E-state index contributed by atoms with van der Waals surface area (Å²) < 4.78 is 1.20. The lowest BCUT2D eigenvalue weighted by molar-refractivity contribution is 0.434. The quantitative estimate of drug-likeness (QED) is 0.776. The van der Waals surface area contributed by atoms with Crippen LogP contribution >= 0.6 is 11.6 Å². The van der Waals surface area contributed by atoms with E-state index in [9.17, 15) is 9.90 Å². The molecule has 3 rings (SSSR count). The van der Waals surface area contributed by atoms with Crippen LogP contribution in [0.4, 0.5) is 0 Å². The van der Waals surface area contributed by atoms with Crippen molar-refractivity contribution in [2.75, 3.05) is 0 Å². The molecule has 0 fully saturated rings. The van der Waals surface area contributed by atoms with Crippen LogP contribution in [0.5, 0.6) is 5.88 Å². The zero-order chi connectivity index (χ0) is 15.5. The number of imidazole rings is 1. The zero-order valence-corrected chi connectivity index (χ0v) is 12.5. The molecule has 0 aliphatic rings. The van der Waals surface area contributed by atoms with Gasteiger partial charge in [0.2, 0.25) is 5.88 Å². The SMILES string of the molecule is O=c1[nH]c(CCc2ccccc2)c(O)n1-c1ccccc1Cl. The Hall–Kier alpha value is -2.46. The Bertz CT molecular complexity index is 837. The van der Waals surface area contributed by atoms with E-state index >= 15 is 0 Å². The minimum Gasteiger partial charge on any atom is -0.493 e. The Balaban J connectivity index is 1.91. The van der Waals surface area contributed by atoms with Gasteiger partial charge >= 0.3 is 5.69 Å². The van der Waals surface area contributed by atoms with Gasteiger partial charge in [-0.15, -0.1) is 0 Å². The molecule has 1 aromatic heterocycles. The molecule has 0 aliphatic heterocycles. The average Bonchev–Trinajstić information content (AvgIpc) is 2.81. The van der Waals surface area contributed by atoms with Gasteiger partial charge in [0.25, 0.3) is 0 Å². The van der Waals surface area contributed by atoms with Gasteiger partial charge in [-0.2, -0.15) is 0 Å². The van der Waals surface area contributed by atoms with Gasteiger partial charge in [-0.25, -0.2) is 9.36 Å². The highest BCUT2D eigenvalue weighted by atomic mass is 35.5. The number of halogens is 1. The highest BCUT2D eigenvalue weighted by Crippen LogP contribution is 2.25. The number of benzene rings is 2. The second kappa shape index (κ2) is 6.12. The maximum absolute atomic E-state index is 12.1. The monoisotopic (exact) mass is 314 g/mol. The van der Waals surface area contributed by atoms with Crippen molar-refractivity contribution in [2.24, 2.45) is 0 Å². The van der Waals surface area contributed by atoms with Crippen LogP contribution in [-0.4, -0.2) is 14.7 Å². The highest BCUT2D eigenvalue weighted by molar-refractivity contribution is 6.32. The second-order valence-electron chi connectivity index (χ2n) is 5.00. The number of nitrogens with zero attached hydrogens (tertiary/aromatic N) is 1. The van der Waals surface area contributed by atoms with E-state index < -0.39 is 5.69 Å². The normalized spacial score (nSPS) is 10.8. The van der Waals surface area contributed by atoms with E-state index in [4.69, 9.17) is 11.6 Å². The van der Waals surface area contributed by atoms with E-state index in [1.165, 1.54) is 4.57 Å². The number of para-hydroxylation sites is 1. The summed E-state index contributed by atoms with van der Waals surface area (Å²) in [4.78, 5) is 14.8. The lowest BCUT2D eigenvalue weighted by Crippen LogP contribution is -2.14. The van der Waals surface area contributed by atoms with Crippen LogP contribution in [0.15, 0.2) is 59.4 Å². The number of hydrogen-bond donors (Lipinski definition) is 2. The Morgan fingerprint density at radius 1 is 1.00 bits per heavy atom. The van der Waals surface area contributed by atoms with E-state index in [0.717, 1.165) is 12.0 Å². The first kappa shape index (κ1) is 14.5. The number of nitrogens with one attached hydrogen (secondary N) is 1. The van der Waals surface area contributed by atoms with Crippen molar-refractivity contribution < 1.29 is 5.11 Å². The third-order valence-electron chi connectivity index (χ3n) is 3.54. The van der Waals surface area contributed by atoms with Crippen LogP contribution in [-0.2, 0) is 12.8 Å². The molecule has 5 heteroatoms. The van der Waals surface area contributed by atoms with Gasteiger partial charge in [-0.1, -0.05) is 54.1 Å². The first-order chi connectivity index (χ1) is 10.7. The first-order valence-corrected chi connectivity index (χ1v) is 7.36. The van der Waals surface area contributed by atoms with Crippen LogP contribution in [0, 0.1) is 0 Å². The van der Waals surface area contributed by atoms with Crippen molar-refractivity contribution in [3.05, 3.63) is 81.4 Å². The smallest absolute Gasteiger partial charge is 0.333 e. The number of aryl methyl sites for hydroxylation is 2. The molecule has 0 aliphatic carbocycles. The Kier molecular flexibility index (Phi) is 4.02. The molecule has 0 amide bonds. The fraction of sp³-hybridized carbons (Fsp3) is 0.118. The third-order valence-corrected chi connectivity index (χ3v) is 3.86. The molecule has 0 saturated carbocycles. The molecule has 2 aromatic carbocycles. The number of hydrogen-bond acceptors (Lipinski definition) is 2. The maximum atomic E-state index is 12.1. The van der Waals surface area contributed by atoms with Crippen molar-refractivity contribution in [3.63, 3.8) is 0 Å². The maximum Gasteiger partial charge on any atom is 0.333 e. The van der Waals surface area contributed by atoms with Crippen molar-refractivity contribution >= 4 is 11.6 Å². The second-order valence-corrected chi connectivity index (χ2v) is 5.41. The first-order valence-electron chi connectivity index (χ1n) is 6.98. The van der Waals surface area contributed by atoms with Crippen molar-refractivity contribution in [3.8, 4) is 11.6 Å². The van der Waals surface area contributed by atoms with E-state index in [0.29, 0.717) is 22.8 Å². The van der Waals surface area contributed by atoms with Gasteiger partial charge in [0.15, 0.2) is 0 Å². The van der Waals surface area contributed by atoms with E-state index in [-0.39, 0.29) is 5.88 Å². The third kappa shape index (κ3) is 2.78. The minimum atomic E-state index is -0.395. The summed E-state index contributed by atoms with van der Waals surface area (Å²) in [6.07, 6.45) is 1.28. The van der Waals surface area contributed by atoms with Crippen molar-refractivity contribution in [1.29, 1.82) is 0 Å². The summed E-state index contributed by atoms with van der Waals surface area (Å²) in [6.45, 7) is 0. The molecule has 0 bridgehead atoms. The molecule has 0 radical (unpaired) electrons. The molecule has 0 atom stereocenters. The summed E-state index contributed by atoms with van der Waals surface area (Å²) in [5.41, 5.74) is 1.73.